The molecule has 11 heteroatoms. The molecule has 44 heavy (non-hydrogen) atoms. The van der Waals surface area contributed by atoms with E-state index in [4.69, 9.17) is 26.8 Å². The van der Waals surface area contributed by atoms with Crippen molar-refractivity contribution in [3.05, 3.63) is 87.3 Å². The Kier molecular flexibility index (Phi) is 11.0. The Labute approximate surface area is 268 Å². The van der Waals surface area contributed by atoms with Crippen LogP contribution in [0.15, 0.2) is 65.5 Å². The molecule has 1 amide bonds. The van der Waals surface area contributed by atoms with E-state index in [1.165, 1.54) is 18.9 Å². The largest absolute Gasteiger partial charge is 0.489 e. The molecular weight excluding hydrogens is 603 g/mol. The second-order valence-electron chi connectivity index (χ2n) is 12.0. The molecule has 1 atom stereocenters. The molecule has 0 aliphatic heterocycles. The number of nitrogens with two attached hydrogens (primary N) is 1. The van der Waals surface area contributed by atoms with Gasteiger partial charge in [-0.3, -0.25) is 9.36 Å². The Morgan fingerprint density at radius 2 is 1.86 bits per heavy atom. The maximum Gasteiger partial charge on any atom is 0.326 e. The summed E-state index contributed by atoms with van der Waals surface area (Å²) in [4.78, 5) is 27.0. The monoisotopic (exact) mass is 642 g/mol. The first kappa shape index (κ1) is 33.4. The normalized spacial score (nSPS) is 14.4. The molecule has 0 bridgehead atoms. The Hall–Kier alpha value is -3.50. The zero-order chi connectivity index (χ0) is 30.6. The first-order valence-electron chi connectivity index (χ1n) is 14.7. The second kappa shape index (κ2) is 14.5. The van der Waals surface area contributed by atoms with Crippen molar-refractivity contribution in [3.63, 3.8) is 0 Å². The van der Waals surface area contributed by atoms with Crippen LogP contribution >= 0.6 is 24.0 Å². The van der Waals surface area contributed by atoms with Gasteiger partial charge in [-0.05, 0) is 87.1 Å². The predicted octanol–water partition coefficient (Wildman–Crippen LogP) is 5.84. The van der Waals surface area contributed by atoms with E-state index >= 15 is 0 Å². The first-order valence-corrected chi connectivity index (χ1v) is 15.1. The smallest absolute Gasteiger partial charge is 0.326 e. The summed E-state index contributed by atoms with van der Waals surface area (Å²) < 4.78 is 13.7. The number of nitrogens with zero attached hydrogens (tertiary/aromatic N) is 1. The zero-order valence-electron chi connectivity index (χ0n) is 25.0. The number of aromatic nitrogens is 2. The molecule has 1 saturated carbocycles. The number of fused-ring (bicyclic) bond motifs is 1. The van der Waals surface area contributed by atoms with Gasteiger partial charge in [0.2, 0.25) is 5.91 Å². The lowest BCUT2D eigenvalue weighted by Crippen LogP contribution is -2.46. The molecule has 0 radical (unpaired) electrons. The molecule has 0 unspecified atom stereocenters. The van der Waals surface area contributed by atoms with E-state index in [0.717, 1.165) is 29.4 Å². The number of β-amino-alcohol motifs (C(OH)–C–C–N with tert-alkyl or cyclic N) is 1. The Morgan fingerprint density at radius 1 is 1.14 bits per heavy atom. The van der Waals surface area contributed by atoms with Crippen LogP contribution in [0.25, 0.3) is 11.0 Å². The van der Waals surface area contributed by atoms with Crippen LogP contribution in [-0.4, -0.2) is 45.4 Å². The van der Waals surface area contributed by atoms with Gasteiger partial charge in [0.05, 0.1) is 10.5 Å². The van der Waals surface area contributed by atoms with Gasteiger partial charge in [-0.25, -0.2) is 4.79 Å². The van der Waals surface area contributed by atoms with Crippen molar-refractivity contribution in [1.29, 1.82) is 0 Å². The minimum Gasteiger partial charge on any atom is -0.489 e. The summed E-state index contributed by atoms with van der Waals surface area (Å²) in [6.07, 6.45) is 4.68. The fourth-order valence-corrected chi connectivity index (χ4v) is 5.90. The van der Waals surface area contributed by atoms with Crippen LogP contribution in [-0.2, 0) is 13.0 Å². The van der Waals surface area contributed by atoms with Crippen LogP contribution in [0.4, 0.5) is 0 Å². The molecular formula is C33H40Cl2N4O5. The number of carbonyl (C=O) groups is 1. The number of rotatable bonds is 13. The number of benzene rings is 3. The highest BCUT2D eigenvalue weighted by Gasteiger charge is 2.22. The number of para-hydroxylation sites is 1. The molecule has 4 aromatic rings. The molecule has 1 heterocycles. The van der Waals surface area contributed by atoms with E-state index in [-0.39, 0.29) is 30.2 Å². The average molecular weight is 644 g/mol. The van der Waals surface area contributed by atoms with E-state index in [9.17, 15) is 14.7 Å². The number of carbonyl (C=O) groups excluding carboxylic acids is 1. The molecule has 5 N–H and O–H groups in total. The standard InChI is InChI=1S/C33H39ClN4O5.ClH/c1-33(2,17-21-10-13-25(14-11-21)43-28-15-12-23(31(35)40)16-26(28)34)36-18-24(39)20-42-29-9-5-8-27-30(29)38(32(41)37-27)19-22-6-3-4-7-22;/h5,8-16,22,24,36,39H,3-4,6-7,17-20H2,1-2H3,(H2,35,40)(H,37,41);1H/t24-;/m0./s1. The van der Waals surface area contributed by atoms with Gasteiger partial charge in [0.25, 0.3) is 0 Å². The minimum absolute atomic E-state index is 0. The van der Waals surface area contributed by atoms with Crippen LogP contribution < -0.4 is 26.2 Å². The van der Waals surface area contributed by atoms with Gasteiger partial charge in [-0.15, -0.1) is 12.4 Å². The summed E-state index contributed by atoms with van der Waals surface area (Å²) in [5, 5.41) is 14.5. The van der Waals surface area contributed by atoms with Gasteiger partial charge >= 0.3 is 5.69 Å². The van der Waals surface area contributed by atoms with Gasteiger partial charge in [0, 0.05) is 24.2 Å². The maximum atomic E-state index is 12.7. The number of ether oxygens (including phenoxy) is 2. The summed E-state index contributed by atoms with van der Waals surface area (Å²) >= 11 is 6.24. The zero-order valence-corrected chi connectivity index (χ0v) is 26.5. The summed E-state index contributed by atoms with van der Waals surface area (Å²) in [7, 11) is 0. The van der Waals surface area contributed by atoms with E-state index in [0.29, 0.717) is 53.3 Å². The Morgan fingerprint density at radius 3 is 2.55 bits per heavy atom. The predicted molar refractivity (Wildman–Crippen MR) is 176 cm³/mol. The van der Waals surface area contributed by atoms with Gasteiger partial charge in [-0.2, -0.15) is 0 Å². The number of aliphatic hydroxyl groups excluding tert-OH is 1. The van der Waals surface area contributed by atoms with Crippen LogP contribution in [0, 0.1) is 5.92 Å². The summed E-state index contributed by atoms with van der Waals surface area (Å²) in [5.41, 5.74) is 7.79. The van der Waals surface area contributed by atoms with Crippen molar-refractivity contribution in [1.82, 2.24) is 14.9 Å². The number of hydrogen-bond acceptors (Lipinski definition) is 6. The highest BCUT2D eigenvalue weighted by Crippen LogP contribution is 2.31. The number of amides is 1. The maximum absolute atomic E-state index is 12.7. The summed E-state index contributed by atoms with van der Waals surface area (Å²) in [5.74, 6) is 1.60. The highest BCUT2D eigenvalue weighted by atomic mass is 35.5. The Bertz CT molecular complexity index is 1630. The highest BCUT2D eigenvalue weighted by molar-refractivity contribution is 6.32. The van der Waals surface area contributed by atoms with Crippen molar-refractivity contribution in [2.75, 3.05) is 13.2 Å². The van der Waals surface area contributed by atoms with Crippen LogP contribution in [0.5, 0.6) is 17.2 Å². The molecule has 1 aromatic heterocycles. The number of aromatic amines is 1. The number of primary amides is 1. The molecule has 3 aromatic carbocycles. The number of H-pyrrole nitrogens is 1. The van der Waals surface area contributed by atoms with E-state index in [1.54, 1.807) is 16.7 Å². The van der Waals surface area contributed by atoms with E-state index in [2.05, 4.69) is 24.1 Å². The van der Waals surface area contributed by atoms with Crippen LogP contribution in [0.3, 0.4) is 0 Å². The lowest BCUT2D eigenvalue weighted by molar-refractivity contribution is 0.0993. The van der Waals surface area contributed by atoms with Gasteiger partial charge in [0.1, 0.15) is 35.5 Å². The van der Waals surface area contributed by atoms with Crippen molar-refractivity contribution < 1.29 is 19.4 Å². The molecule has 236 valence electrons. The molecule has 0 spiro atoms. The van der Waals surface area contributed by atoms with Crippen molar-refractivity contribution in [2.24, 2.45) is 11.7 Å². The SMILES string of the molecule is CC(C)(Cc1ccc(Oc2ccc(C(N)=O)cc2Cl)cc1)NC[C@H](O)COc1cccc2[nH]c(=O)n(CC3CCCC3)c12.Cl. The molecule has 5 rings (SSSR count). The number of hydrogen-bond donors (Lipinski definition) is 4. The summed E-state index contributed by atoms with van der Waals surface area (Å²) in [6, 6.07) is 17.9. The van der Waals surface area contributed by atoms with Gasteiger partial charge in [0.15, 0.2) is 0 Å². The fraction of sp³-hybridized carbons (Fsp3) is 0.394. The van der Waals surface area contributed by atoms with Crippen molar-refractivity contribution in [3.8, 4) is 17.2 Å². The number of nitrogens with one attached hydrogen (secondary N) is 2. The topological polar surface area (TPSA) is 132 Å². The molecule has 0 saturated heterocycles. The minimum atomic E-state index is -0.745. The van der Waals surface area contributed by atoms with Crippen molar-refractivity contribution in [2.45, 2.75) is 64.1 Å². The lowest BCUT2D eigenvalue weighted by Gasteiger charge is -2.28. The van der Waals surface area contributed by atoms with Crippen molar-refractivity contribution >= 4 is 40.9 Å². The third kappa shape index (κ3) is 8.35. The third-order valence-corrected chi connectivity index (χ3v) is 8.23. The number of aliphatic hydroxyl groups is 1. The lowest BCUT2D eigenvalue weighted by atomic mass is 9.94. The molecule has 1 aliphatic rings. The van der Waals surface area contributed by atoms with Gasteiger partial charge in [-0.1, -0.05) is 42.6 Å². The number of halogens is 2. The third-order valence-electron chi connectivity index (χ3n) is 7.93. The van der Waals surface area contributed by atoms with Crippen LogP contribution in [0.2, 0.25) is 5.02 Å². The molecule has 9 nitrogen and oxygen atoms in total. The number of imidazole rings is 1. The average Bonchev–Trinajstić information content (AvgIpc) is 3.60. The second-order valence-corrected chi connectivity index (χ2v) is 12.4. The van der Waals surface area contributed by atoms with Crippen LogP contribution in [0.1, 0.15) is 55.5 Å². The first-order chi connectivity index (χ1) is 20.6. The summed E-state index contributed by atoms with van der Waals surface area (Å²) in [6.45, 7) is 5.27. The fourth-order valence-electron chi connectivity index (χ4n) is 5.68. The van der Waals surface area contributed by atoms with E-state index < -0.39 is 12.0 Å². The Balaban J connectivity index is 0.00000442. The molecule has 1 fully saturated rings. The van der Waals surface area contributed by atoms with E-state index in [1.807, 2.05) is 42.5 Å². The molecule has 1 aliphatic carbocycles. The van der Waals surface area contributed by atoms with Gasteiger partial charge < -0.3 is 30.6 Å². The quantitative estimate of drug-likeness (QED) is 0.145.